The van der Waals surface area contributed by atoms with Crippen molar-refractivity contribution >= 4 is 23.1 Å². The van der Waals surface area contributed by atoms with E-state index in [1.54, 1.807) is 29.9 Å². The fourth-order valence-electron chi connectivity index (χ4n) is 4.21. The molecular formula is C19H25N5O2S. The van der Waals surface area contributed by atoms with Gasteiger partial charge in [-0.15, -0.1) is 11.3 Å². The number of hydrogen-bond acceptors (Lipinski definition) is 7. The lowest BCUT2D eigenvalue weighted by Crippen LogP contribution is -2.43. The maximum atomic E-state index is 12.8. The largest absolute Gasteiger partial charge is 0.391 e. The molecule has 0 unspecified atom stereocenters. The normalized spacial score (nSPS) is 27.4. The van der Waals surface area contributed by atoms with Crippen molar-refractivity contribution in [3.05, 3.63) is 34.7 Å². The number of aryl methyl sites for hydroxylation is 1. The molecular weight excluding hydrogens is 362 g/mol. The predicted molar refractivity (Wildman–Crippen MR) is 104 cm³/mol. The molecule has 2 aliphatic rings. The molecule has 1 saturated carbocycles. The molecule has 2 aromatic rings. The van der Waals surface area contributed by atoms with Gasteiger partial charge in [0.15, 0.2) is 0 Å². The summed E-state index contributed by atoms with van der Waals surface area (Å²) in [6.07, 6.45) is 7.96. The van der Waals surface area contributed by atoms with Crippen LogP contribution in [-0.2, 0) is 6.42 Å². The maximum Gasteiger partial charge on any atom is 0.273 e. The minimum atomic E-state index is -0.446. The Bertz CT molecular complexity index is 783. The van der Waals surface area contributed by atoms with E-state index in [0.717, 1.165) is 30.8 Å². The van der Waals surface area contributed by atoms with Gasteiger partial charge >= 0.3 is 0 Å². The van der Waals surface area contributed by atoms with Gasteiger partial charge < -0.3 is 15.3 Å². The number of thiazole rings is 1. The molecule has 3 heterocycles. The van der Waals surface area contributed by atoms with Crippen molar-refractivity contribution in [2.45, 2.75) is 44.8 Å². The van der Waals surface area contributed by atoms with Gasteiger partial charge in [-0.3, -0.25) is 9.78 Å². The molecule has 7 nitrogen and oxygen atoms in total. The third-order valence-corrected chi connectivity index (χ3v) is 6.47. The molecule has 27 heavy (non-hydrogen) atoms. The van der Waals surface area contributed by atoms with Gasteiger partial charge in [0, 0.05) is 30.9 Å². The van der Waals surface area contributed by atoms with Crippen LogP contribution < -0.4 is 5.32 Å². The lowest BCUT2D eigenvalue weighted by Gasteiger charge is -2.35. The predicted octanol–water partition coefficient (Wildman–Crippen LogP) is 2.21. The molecule has 2 fully saturated rings. The smallest absolute Gasteiger partial charge is 0.273 e. The van der Waals surface area contributed by atoms with Crippen LogP contribution in [0.4, 0.5) is 5.82 Å². The number of rotatable bonds is 5. The number of nitrogens with one attached hydrogen (secondary N) is 1. The van der Waals surface area contributed by atoms with E-state index in [9.17, 15) is 9.90 Å². The summed E-state index contributed by atoms with van der Waals surface area (Å²) in [5, 5.41) is 16.8. The topological polar surface area (TPSA) is 91.2 Å². The van der Waals surface area contributed by atoms with Gasteiger partial charge in [-0.25, -0.2) is 9.97 Å². The van der Waals surface area contributed by atoms with Gasteiger partial charge in [0.25, 0.3) is 5.91 Å². The summed E-state index contributed by atoms with van der Waals surface area (Å²) in [7, 11) is 0. The first-order chi connectivity index (χ1) is 13.1. The summed E-state index contributed by atoms with van der Waals surface area (Å²) in [5.41, 5.74) is 0.567. The van der Waals surface area contributed by atoms with E-state index in [1.165, 1.54) is 0 Å². The molecule has 1 amide bonds. The Morgan fingerprint density at radius 2 is 2.15 bits per heavy atom. The molecule has 4 rings (SSSR count). The maximum absolute atomic E-state index is 12.8. The number of anilines is 1. The van der Waals surface area contributed by atoms with E-state index in [1.807, 2.05) is 10.3 Å². The van der Waals surface area contributed by atoms with E-state index in [4.69, 9.17) is 0 Å². The van der Waals surface area contributed by atoms with Crippen LogP contribution in [0.15, 0.2) is 24.0 Å². The number of nitrogens with zero attached hydrogens (tertiary/aromatic N) is 4. The van der Waals surface area contributed by atoms with Crippen molar-refractivity contribution in [3.63, 3.8) is 0 Å². The second-order valence-corrected chi connectivity index (χ2v) is 8.43. The Morgan fingerprint density at radius 1 is 1.33 bits per heavy atom. The van der Waals surface area contributed by atoms with Crippen LogP contribution >= 0.6 is 11.3 Å². The average molecular weight is 388 g/mol. The zero-order chi connectivity index (χ0) is 18.8. The van der Waals surface area contributed by atoms with Crippen molar-refractivity contribution in [1.29, 1.82) is 0 Å². The van der Waals surface area contributed by atoms with E-state index in [0.29, 0.717) is 36.3 Å². The third kappa shape index (κ3) is 3.96. The number of likely N-dealkylation sites (tertiary alicyclic amines) is 1. The highest BCUT2D eigenvalue weighted by atomic mass is 32.1. The fraction of sp³-hybridized carbons (Fsp3) is 0.579. The third-order valence-electron chi connectivity index (χ3n) is 5.56. The zero-order valence-corrected chi connectivity index (χ0v) is 16.2. The molecule has 144 valence electrons. The van der Waals surface area contributed by atoms with E-state index in [2.05, 4.69) is 27.2 Å². The van der Waals surface area contributed by atoms with Crippen molar-refractivity contribution in [2.24, 2.45) is 11.8 Å². The zero-order valence-electron chi connectivity index (χ0n) is 15.4. The van der Waals surface area contributed by atoms with Gasteiger partial charge in [0.05, 0.1) is 23.4 Å². The molecule has 1 aliphatic carbocycles. The first-order valence-electron chi connectivity index (χ1n) is 9.58. The Kier molecular flexibility index (Phi) is 5.36. The highest BCUT2D eigenvalue weighted by Gasteiger charge is 2.43. The molecule has 2 aromatic heterocycles. The average Bonchev–Trinajstić information content (AvgIpc) is 3.29. The molecule has 0 spiro atoms. The lowest BCUT2D eigenvalue weighted by atomic mass is 9.77. The van der Waals surface area contributed by atoms with Gasteiger partial charge in [-0.05, 0) is 37.5 Å². The standard InChI is InChI=1S/C19H25N5O2S/c1-2-3-18-23-15(11-27-18)19(26)24-9-12-6-14(16(25)7-13(12)10-24)22-17-8-20-4-5-21-17/h4-5,8,11-14,16,25H,2-3,6-7,9-10H2,1H3,(H,21,22)/t12-,13+,14-,16-/m1/s1. The van der Waals surface area contributed by atoms with Crippen molar-refractivity contribution in [1.82, 2.24) is 19.9 Å². The van der Waals surface area contributed by atoms with Crippen LogP contribution in [-0.4, -0.2) is 56.1 Å². The summed E-state index contributed by atoms with van der Waals surface area (Å²) in [5.74, 6) is 1.44. The first kappa shape index (κ1) is 18.3. The number of aliphatic hydroxyl groups excluding tert-OH is 1. The molecule has 2 N–H and O–H groups in total. The SMILES string of the molecule is CCCc1nc(C(=O)N2C[C@H]3C[C@@H](Nc4cnccn4)[C@H](O)C[C@H]3C2)cs1. The molecule has 1 saturated heterocycles. The molecule has 1 aliphatic heterocycles. The Balaban J connectivity index is 1.39. The van der Waals surface area contributed by atoms with E-state index >= 15 is 0 Å². The quantitative estimate of drug-likeness (QED) is 0.817. The number of hydrogen-bond donors (Lipinski definition) is 2. The van der Waals surface area contributed by atoms with E-state index in [-0.39, 0.29) is 11.9 Å². The molecule has 0 radical (unpaired) electrons. The van der Waals surface area contributed by atoms with Crippen LogP contribution in [0.5, 0.6) is 0 Å². The first-order valence-corrected chi connectivity index (χ1v) is 10.5. The summed E-state index contributed by atoms with van der Waals surface area (Å²) in [6, 6.07) is -0.0616. The Morgan fingerprint density at radius 3 is 2.89 bits per heavy atom. The minimum Gasteiger partial charge on any atom is -0.391 e. The molecule has 4 atom stereocenters. The number of carbonyl (C=O) groups is 1. The number of aromatic nitrogens is 3. The van der Waals surface area contributed by atoms with Gasteiger partial charge in [-0.1, -0.05) is 6.92 Å². The summed E-state index contributed by atoms with van der Waals surface area (Å²) >= 11 is 1.57. The van der Waals surface area contributed by atoms with Crippen molar-refractivity contribution in [2.75, 3.05) is 18.4 Å². The van der Waals surface area contributed by atoms with Gasteiger partial charge in [0.2, 0.25) is 0 Å². The van der Waals surface area contributed by atoms with E-state index < -0.39 is 6.10 Å². The molecule has 0 aromatic carbocycles. The monoisotopic (exact) mass is 387 g/mol. The van der Waals surface area contributed by atoms with Gasteiger partial charge in [-0.2, -0.15) is 0 Å². The second kappa shape index (κ2) is 7.90. The van der Waals surface area contributed by atoms with Crippen LogP contribution in [0.3, 0.4) is 0 Å². The highest BCUT2D eigenvalue weighted by molar-refractivity contribution is 7.09. The number of carbonyl (C=O) groups excluding carboxylic acids is 1. The van der Waals surface area contributed by atoms with Crippen LogP contribution in [0.1, 0.15) is 41.7 Å². The Hall–Kier alpha value is -2.06. The fourth-order valence-corrected chi connectivity index (χ4v) is 5.09. The second-order valence-electron chi connectivity index (χ2n) is 7.49. The minimum absolute atomic E-state index is 0.0240. The number of aliphatic hydroxyl groups is 1. The Labute approximate surface area is 162 Å². The van der Waals surface area contributed by atoms with Crippen LogP contribution in [0, 0.1) is 11.8 Å². The summed E-state index contributed by atoms with van der Waals surface area (Å²) < 4.78 is 0. The summed E-state index contributed by atoms with van der Waals surface area (Å²) in [4.78, 5) is 27.5. The van der Waals surface area contributed by atoms with Crippen molar-refractivity contribution < 1.29 is 9.90 Å². The van der Waals surface area contributed by atoms with Crippen molar-refractivity contribution in [3.8, 4) is 0 Å². The van der Waals surface area contributed by atoms with Crippen LogP contribution in [0.2, 0.25) is 0 Å². The number of fused-ring (bicyclic) bond motifs is 1. The van der Waals surface area contributed by atoms with Crippen LogP contribution in [0.25, 0.3) is 0 Å². The van der Waals surface area contributed by atoms with Gasteiger partial charge in [0.1, 0.15) is 11.5 Å². The summed E-state index contributed by atoms with van der Waals surface area (Å²) in [6.45, 7) is 3.55. The highest BCUT2D eigenvalue weighted by Crippen LogP contribution is 2.38. The molecule has 0 bridgehead atoms. The molecule has 8 heteroatoms. The lowest BCUT2D eigenvalue weighted by molar-refractivity contribution is 0.0726. The number of amides is 1.